The molecule has 0 aliphatic heterocycles. The van der Waals surface area contributed by atoms with E-state index in [0.717, 1.165) is 12.8 Å². The van der Waals surface area contributed by atoms with E-state index in [0.29, 0.717) is 18.8 Å². The van der Waals surface area contributed by atoms with Gasteiger partial charge in [0, 0.05) is 0 Å². The Hall–Kier alpha value is -1.82. The first-order valence-corrected chi connectivity index (χ1v) is 5.87. The summed E-state index contributed by atoms with van der Waals surface area (Å²) in [5.74, 6) is -0.566. The molecule has 1 fully saturated rings. The highest BCUT2D eigenvalue weighted by Crippen LogP contribution is 2.42. The van der Waals surface area contributed by atoms with Crippen LogP contribution in [0.1, 0.15) is 37.2 Å². The number of hydrogen-bond acceptors (Lipinski definition) is 2. The number of nitriles is 1. The van der Waals surface area contributed by atoms with Gasteiger partial charge in [0.25, 0.3) is 0 Å². The molecule has 0 amide bonds. The Bertz CT molecular complexity index is 439. The minimum absolute atomic E-state index is 0.400. The van der Waals surface area contributed by atoms with Crippen LogP contribution in [0, 0.1) is 16.7 Å². The van der Waals surface area contributed by atoms with E-state index in [2.05, 4.69) is 12.1 Å². The quantitative estimate of drug-likeness (QED) is 0.848. The molecule has 17 heavy (non-hydrogen) atoms. The number of carboxylic acid groups (broad SMARTS) is 1. The van der Waals surface area contributed by atoms with Gasteiger partial charge in [0.2, 0.25) is 0 Å². The van der Waals surface area contributed by atoms with E-state index in [1.165, 1.54) is 5.56 Å². The summed E-state index contributed by atoms with van der Waals surface area (Å²) in [6, 6.07) is 12.1. The fraction of sp³-hybridized carbons (Fsp3) is 0.429. The van der Waals surface area contributed by atoms with Gasteiger partial charge in [-0.3, -0.25) is 4.79 Å². The fourth-order valence-corrected chi connectivity index (χ4v) is 2.54. The van der Waals surface area contributed by atoms with Crippen molar-refractivity contribution >= 4 is 5.97 Å². The molecule has 0 radical (unpaired) electrons. The van der Waals surface area contributed by atoms with Crippen molar-refractivity contribution in [2.24, 2.45) is 5.41 Å². The van der Waals surface area contributed by atoms with Crippen LogP contribution in [-0.4, -0.2) is 11.1 Å². The molecule has 0 spiro atoms. The zero-order valence-electron chi connectivity index (χ0n) is 9.60. The predicted molar refractivity (Wildman–Crippen MR) is 63.3 cm³/mol. The third-order valence-electron chi connectivity index (χ3n) is 3.73. The van der Waals surface area contributed by atoms with Crippen molar-refractivity contribution in [1.82, 2.24) is 0 Å². The number of aliphatic carboxylic acids is 1. The third kappa shape index (κ3) is 2.16. The molecule has 0 aromatic heterocycles. The molecule has 2 rings (SSSR count). The van der Waals surface area contributed by atoms with Crippen LogP contribution in [-0.2, 0) is 4.79 Å². The van der Waals surface area contributed by atoms with Gasteiger partial charge in [-0.1, -0.05) is 30.3 Å². The van der Waals surface area contributed by atoms with E-state index in [1.807, 2.05) is 24.3 Å². The van der Waals surface area contributed by atoms with Gasteiger partial charge in [0.15, 0.2) is 5.41 Å². The van der Waals surface area contributed by atoms with E-state index in [1.54, 1.807) is 0 Å². The van der Waals surface area contributed by atoms with Crippen LogP contribution < -0.4 is 0 Å². The fourth-order valence-electron chi connectivity index (χ4n) is 2.54. The molecule has 0 bridgehead atoms. The standard InChI is InChI=1S/C14H15NO2/c15-10-14(13(16)17)8-6-12(7-9-14)11-4-2-1-3-5-11/h1-5,12H,6-9H2,(H,16,17). The van der Waals surface area contributed by atoms with Crippen LogP contribution in [0.15, 0.2) is 30.3 Å². The maximum absolute atomic E-state index is 11.1. The van der Waals surface area contributed by atoms with Crippen LogP contribution in [0.4, 0.5) is 0 Å². The predicted octanol–water partition coefficient (Wildman–Crippen LogP) is 2.94. The molecule has 1 saturated carbocycles. The molecule has 3 nitrogen and oxygen atoms in total. The normalized spacial score (nSPS) is 28.3. The van der Waals surface area contributed by atoms with E-state index in [4.69, 9.17) is 10.4 Å². The number of hydrogen-bond donors (Lipinski definition) is 1. The first-order valence-electron chi connectivity index (χ1n) is 5.87. The molecule has 1 aromatic rings. The Labute approximate surface area is 101 Å². The number of rotatable bonds is 2. The number of nitrogens with zero attached hydrogens (tertiary/aromatic N) is 1. The van der Waals surface area contributed by atoms with Crippen LogP contribution in [0.25, 0.3) is 0 Å². The zero-order chi connectivity index (χ0) is 12.3. The lowest BCUT2D eigenvalue weighted by atomic mass is 9.70. The minimum atomic E-state index is -1.15. The largest absolute Gasteiger partial charge is 0.480 e. The van der Waals surface area contributed by atoms with Crippen molar-refractivity contribution in [3.05, 3.63) is 35.9 Å². The summed E-state index contributed by atoms with van der Waals surface area (Å²) in [5, 5.41) is 18.2. The average Bonchev–Trinajstić information content (AvgIpc) is 2.39. The van der Waals surface area contributed by atoms with E-state index in [-0.39, 0.29) is 0 Å². The average molecular weight is 229 g/mol. The SMILES string of the molecule is N#CC1(C(=O)O)CCC(c2ccccc2)CC1. The van der Waals surface area contributed by atoms with Crippen molar-refractivity contribution in [3.63, 3.8) is 0 Å². The number of carbonyl (C=O) groups is 1. The maximum atomic E-state index is 11.1. The minimum Gasteiger partial charge on any atom is -0.480 e. The summed E-state index contributed by atoms with van der Waals surface area (Å²) in [5.41, 5.74) is 0.107. The highest BCUT2D eigenvalue weighted by Gasteiger charge is 2.42. The Morgan fingerprint density at radius 2 is 1.88 bits per heavy atom. The van der Waals surface area contributed by atoms with Gasteiger partial charge in [-0.15, -0.1) is 0 Å². The Kier molecular flexibility index (Phi) is 3.14. The molecule has 0 unspecified atom stereocenters. The van der Waals surface area contributed by atoms with Gasteiger partial charge in [-0.05, 0) is 37.2 Å². The van der Waals surface area contributed by atoms with Gasteiger partial charge in [0.05, 0.1) is 6.07 Å². The lowest BCUT2D eigenvalue weighted by molar-refractivity contribution is -0.147. The second-order valence-electron chi connectivity index (χ2n) is 4.68. The summed E-state index contributed by atoms with van der Waals surface area (Å²) in [4.78, 5) is 11.1. The Morgan fingerprint density at radius 3 is 2.35 bits per heavy atom. The summed E-state index contributed by atoms with van der Waals surface area (Å²) >= 11 is 0. The molecule has 0 atom stereocenters. The Balaban J connectivity index is 2.09. The van der Waals surface area contributed by atoms with Gasteiger partial charge < -0.3 is 5.11 Å². The van der Waals surface area contributed by atoms with E-state index >= 15 is 0 Å². The third-order valence-corrected chi connectivity index (χ3v) is 3.73. The maximum Gasteiger partial charge on any atom is 0.324 e. The molecule has 1 aliphatic rings. The number of carboxylic acids is 1. The van der Waals surface area contributed by atoms with Crippen LogP contribution in [0.2, 0.25) is 0 Å². The van der Waals surface area contributed by atoms with Crippen LogP contribution in [0.5, 0.6) is 0 Å². The topological polar surface area (TPSA) is 61.1 Å². The summed E-state index contributed by atoms with van der Waals surface area (Å²) in [6.45, 7) is 0. The molecule has 1 N–H and O–H groups in total. The molecule has 1 aromatic carbocycles. The van der Waals surface area contributed by atoms with Gasteiger partial charge in [-0.2, -0.15) is 5.26 Å². The molecule has 0 heterocycles. The van der Waals surface area contributed by atoms with Gasteiger partial charge in [-0.25, -0.2) is 0 Å². The highest BCUT2D eigenvalue weighted by molar-refractivity contribution is 5.78. The molecular weight excluding hydrogens is 214 g/mol. The summed E-state index contributed by atoms with van der Waals surface area (Å²) in [6.07, 6.45) is 2.48. The van der Waals surface area contributed by atoms with E-state index in [9.17, 15) is 4.79 Å². The first-order chi connectivity index (χ1) is 8.18. The van der Waals surface area contributed by atoms with Crippen molar-refractivity contribution in [3.8, 4) is 6.07 Å². The first kappa shape index (κ1) is 11.7. The van der Waals surface area contributed by atoms with Crippen molar-refractivity contribution in [2.75, 3.05) is 0 Å². The number of benzene rings is 1. The highest BCUT2D eigenvalue weighted by atomic mass is 16.4. The monoisotopic (exact) mass is 229 g/mol. The molecular formula is C14H15NO2. The second-order valence-corrected chi connectivity index (χ2v) is 4.68. The molecule has 88 valence electrons. The van der Waals surface area contributed by atoms with Crippen LogP contribution >= 0.6 is 0 Å². The molecule has 1 aliphatic carbocycles. The van der Waals surface area contributed by atoms with Gasteiger partial charge >= 0.3 is 5.97 Å². The lowest BCUT2D eigenvalue weighted by Gasteiger charge is -2.31. The molecule has 0 saturated heterocycles. The Morgan fingerprint density at radius 1 is 1.29 bits per heavy atom. The van der Waals surface area contributed by atoms with Crippen molar-refractivity contribution in [2.45, 2.75) is 31.6 Å². The summed E-state index contributed by atoms with van der Waals surface area (Å²) in [7, 11) is 0. The second kappa shape index (κ2) is 4.58. The van der Waals surface area contributed by atoms with Crippen molar-refractivity contribution < 1.29 is 9.90 Å². The van der Waals surface area contributed by atoms with Gasteiger partial charge in [0.1, 0.15) is 0 Å². The molecule has 3 heteroatoms. The smallest absolute Gasteiger partial charge is 0.324 e. The van der Waals surface area contributed by atoms with Crippen molar-refractivity contribution in [1.29, 1.82) is 5.26 Å². The van der Waals surface area contributed by atoms with Crippen LogP contribution in [0.3, 0.4) is 0 Å². The zero-order valence-corrected chi connectivity index (χ0v) is 9.60. The summed E-state index contributed by atoms with van der Waals surface area (Å²) < 4.78 is 0. The lowest BCUT2D eigenvalue weighted by Crippen LogP contribution is -2.33. The van der Waals surface area contributed by atoms with E-state index < -0.39 is 11.4 Å².